The highest BCUT2D eigenvalue weighted by atomic mass is 79.9. The van der Waals surface area contributed by atoms with Crippen molar-refractivity contribution in [3.8, 4) is 5.75 Å². The third-order valence-electron chi connectivity index (χ3n) is 2.48. The molecule has 0 saturated carbocycles. The molecule has 1 aromatic rings. The van der Waals surface area contributed by atoms with Gasteiger partial charge in [0.25, 0.3) is 0 Å². The van der Waals surface area contributed by atoms with Gasteiger partial charge in [0, 0.05) is 19.6 Å². The number of pyridine rings is 1. The maximum atomic E-state index is 5.60. The van der Waals surface area contributed by atoms with Crippen molar-refractivity contribution in [2.75, 3.05) is 39.5 Å². The maximum absolute atomic E-state index is 5.60. The highest BCUT2D eigenvalue weighted by molar-refractivity contribution is 9.10. The third kappa shape index (κ3) is 3.73. The molecule has 1 saturated heterocycles. The second kappa shape index (κ2) is 6.18. The molecule has 2 rings (SSSR count). The van der Waals surface area contributed by atoms with Crippen LogP contribution in [0.25, 0.3) is 0 Å². The molecule has 16 heavy (non-hydrogen) atoms. The average molecular weight is 287 g/mol. The fourth-order valence-electron chi connectivity index (χ4n) is 1.56. The minimum absolute atomic E-state index is 0.698. The Morgan fingerprint density at radius 2 is 2.19 bits per heavy atom. The van der Waals surface area contributed by atoms with E-state index >= 15 is 0 Å². The van der Waals surface area contributed by atoms with Gasteiger partial charge in [-0.05, 0) is 28.1 Å². The van der Waals surface area contributed by atoms with E-state index in [-0.39, 0.29) is 0 Å². The smallest absolute Gasteiger partial charge is 0.137 e. The Bertz CT molecular complexity index is 312. The molecule has 2 heterocycles. The molecule has 1 fully saturated rings. The minimum atomic E-state index is 0.698. The second-order valence-corrected chi connectivity index (χ2v) is 4.43. The van der Waals surface area contributed by atoms with Gasteiger partial charge < -0.3 is 9.47 Å². The summed E-state index contributed by atoms with van der Waals surface area (Å²) in [6.45, 7) is 5.31. The quantitative estimate of drug-likeness (QED) is 0.787. The zero-order chi connectivity index (χ0) is 11.2. The lowest BCUT2D eigenvalue weighted by Gasteiger charge is -2.26. The monoisotopic (exact) mass is 286 g/mol. The van der Waals surface area contributed by atoms with Crippen molar-refractivity contribution >= 4 is 15.9 Å². The van der Waals surface area contributed by atoms with Gasteiger partial charge in [-0.25, -0.2) is 4.98 Å². The number of hydrogen-bond donors (Lipinski definition) is 0. The van der Waals surface area contributed by atoms with E-state index in [1.807, 2.05) is 12.1 Å². The first-order valence-corrected chi connectivity index (χ1v) is 6.18. The molecule has 0 radical (unpaired) electrons. The number of aromatic nitrogens is 1. The van der Waals surface area contributed by atoms with Gasteiger partial charge in [-0.15, -0.1) is 0 Å². The molecule has 0 unspecified atom stereocenters. The Kier molecular flexibility index (Phi) is 4.56. The van der Waals surface area contributed by atoms with Gasteiger partial charge in [-0.2, -0.15) is 0 Å². The summed E-state index contributed by atoms with van der Waals surface area (Å²) in [6, 6.07) is 3.79. The van der Waals surface area contributed by atoms with Crippen LogP contribution in [0.5, 0.6) is 5.75 Å². The van der Waals surface area contributed by atoms with Gasteiger partial charge >= 0.3 is 0 Å². The first-order valence-electron chi connectivity index (χ1n) is 5.39. The number of halogens is 1. The molecule has 1 aromatic heterocycles. The molecule has 88 valence electrons. The largest absolute Gasteiger partial charge is 0.491 e. The number of hydrogen-bond acceptors (Lipinski definition) is 4. The summed E-state index contributed by atoms with van der Waals surface area (Å²) in [5.74, 6) is 0.816. The van der Waals surface area contributed by atoms with Crippen molar-refractivity contribution in [3.63, 3.8) is 0 Å². The Morgan fingerprint density at radius 1 is 1.38 bits per heavy atom. The molecule has 5 heteroatoms. The van der Waals surface area contributed by atoms with Gasteiger partial charge in [0.1, 0.15) is 17.0 Å². The maximum Gasteiger partial charge on any atom is 0.137 e. The van der Waals surface area contributed by atoms with Gasteiger partial charge in [0.2, 0.25) is 0 Å². The van der Waals surface area contributed by atoms with Crippen LogP contribution in [0.15, 0.2) is 22.9 Å². The van der Waals surface area contributed by atoms with Crippen LogP contribution in [0.2, 0.25) is 0 Å². The third-order valence-corrected chi connectivity index (χ3v) is 2.95. The molecule has 0 aliphatic carbocycles. The van der Waals surface area contributed by atoms with E-state index in [1.54, 1.807) is 6.20 Å². The van der Waals surface area contributed by atoms with E-state index in [4.69, 9.17) is 9.47 Å². The van der Waals surface area contributed by atoms with E-state index in [0.717, 1.165) is 43.2 Å². The normalized spacial score (nSPS) is 17.3. The first-order chi connectivity index (χ1) is 7.84. The van der Waals surface area contributed by atoms with Gasteiger partial charge in [0.15, 0.2) is 0 Å². The van der Waals surface area contributed by atoms with Gasteiger partial charge in [-0.1, -0.05) is 0 Å². The van der Waals surface area contributed by atoms with E-state index in [1.165, 1.54) is 0 Å². The van der Waals surface area contributed by atoms with Crippen LogP contribution >= 0.6 is 15.9 Å². The van der Waals surface area contributed by atoms with Crippen molar-refractivity contribution in [1.29, 1.82) is 0 Å². The summed E-state index contributed by atoms with van der Waals surface area (Å²) in [7, 11) is 0. The highest BCUT2D eigenvalue weighted by Crippen LogP contribution is 2.12. The van der Waals surface area contributed by atoms with Crippen LogP contribution in [0.4, 0.5) is 0 Å². The number of nitrogens with zero attached hydrogens (tertiary/aromatic N) is 2. The fourth-order valence-corrected chi connectivity index (χ4v) is 1.80. The lowest BCUT2D eigenvalue weighted by Crippen LogP contribution is -2.38. The zero-order valence-electron chi connectivity index (χ0n) is 9.06. The highest BCUT2D eigenvalue weighted by Gasteiger charge is 2.09. The molecule has 4 nitrogen and oxygen atoms in total. The van der Waals surface area contributed by atoms with E-state index < -0.39 is 0 Å². The van der Waals surface area contributed by atoms with Crippen molar-refractivity contribution in [2.45, 2.75) is 0 Å². The summed E-state index contributed by atoms with van der Waals surface area (Å²) in [5, 5.41) is 0. The van der Waals surface area contributed by atoms with E-state index in [9.17, 15) is 0 Å². The summed E-state index contributed by atoms with van der Waals surface area (Å²) in [5.41, 5.74) is 0. The Labute approximate surface area is 104 Å². The predicted molar refractivity (Wildman–Crippen MR) is 64.7 cm³/mol. The van der Waals surface area contributed by atoms with Crippen LogP contribution in [0.3, 0.4) is 0 Å². The van der Waals surface area contributed by atoms with Gasteiger partial charge in [0.05, 0.1) is 19.4 Å². The van der Waals surface area contributed by atoms with Crippen molar-refractivity contribution in [1.82, 2.24) is 9.88 Å². The molecule has 0 amide bonds. The Balaban J connectivity index is 1.69. The van der Waals surface area contributed by atoms with Crippen LogP contribution in [0, 0.1) is 0 Å². The molecular formula is C11H15BrN2O2. The van der Waals surface area contributed by atoms with Crippen LogP contribution in [-0.2, 0) is 4.74 Å². The number of ether oxygens (including phenoxy) is 2. The topological polar surface area (TPSA) is 34.6 Å². The molecule has 1 aliphatic rings. The summed E-state index contributed by atoms with van der Waals surface area (Å²) < 4.78 is 11.7. The van der Waals surface area contributed by atoms with Crippen molar-refractivity contribution < 1.29 is 9.47 Å². The van der Waals surface area contributed by atoms with Crippen LogP contribution < -0.4 is 4.74 Å². The standard InChI is InChI=1S/C11H15BrN2O2/c12-11-2-1-10(9-13-11)16-8-5-14-3-6-15-7-4-14/h1-2,9H,3-8H2. The molecule has 0 atom stereocenters. The van der Waals surface area contributed by atoms with Crippen LogP contribution in [-0.4, -0.2) is 49.3 Å². The van der Waals surface area contributed by atoms with Crippen molar-refractivity contribution in [2.24, 2.45) is 0 Å². The fraction of sp³-hybridized carbons (Fsp3) is 0.545. The SMILES string of the molecule is Brc1ccc(OCCN2CCOCC2)cn1. The summed E-state index contributed by atoms with van der Waals surface area (Å²) in [4.78, 5) is 6.45. The summed E-state index contributed by atoms with van der Waals surface area (Å²) in [6.07, 6.45) is 1.73. The molecule has 0 bridgehead atoms. The molecule has 0 spiro atoms. The van der Waals surface area contributed by atoms with Crippen LogP contribution in [0.1, 0.15) is 0 Å². The molecule has 0 N–H and O–H groups in total. The van der Waals surface area contributed by atoms with E-state index in [0.29, 0.717) is 6.61 Å². The van der Waals surface area contributed by atoms with Crippen molar-refractivity contribution in [3.05, 3.63) is 22.9 Å². The first kappa shape index (κ1) is 11.8. The second-order valence-electron chi connectivity index (χ2n) is 3.62. The molecular weight excluding hydrogens is 272 g/mol. The predicted octanol–water partition coefficient (Wildman–Crippen LogP) is 1.56. The Hall–Kier alpha value is -0.650. The molecule has 0 aromatic carbocycles. The lowest BCUT2D eigenvalue weighted by molar-refractivity contribution is 0.0322. The minimum Gasteiger partial charge on any atom is -0.491 e. The Morgan fingerprint density at radius 3 is 2.88 bits per heavy atom. The average Bonchev–Trinajstić information content (AvgIpc) is 2.33. The molecule has 1 aliphatic heterocycles. The lowest BCUT2D eigenvalue weighted by atomic mass is 10.4. The number of rotatable bonds is 4. The zero-order valence-corrected chi connectivity index (χ0v) is 10.6. The summed E-state index contributed by atoms with van der Waals surface area (Å²) >= 11 is 3.29. The van der Waals surface area contributed by atoms with Gasteiger partial charge in [-0.3, -0.25) is 4.90 Å². The van der Waals surface area contributed by atoms with E-state index in [2.05, 4.69) is 25.8 Å². The number of morpholine rings is 1.